The standard InChI is InChI=1S/C18H13ClN4O.ClH/c19-12-2-1-3-13(8-12)22-17-15-9-16(23-18(15)21-10-20-17)11-4-6-14(24)7-5-11;/h1-10,24H,(H2,20,21,22,23);1H. The van der Waals surface area contributed by atoms with Crippen LogP contribution in [0.15, 0.2) is 60.9 Å². The number of nitrogens with zero attached hydrogens (tertiary/aromatic N) is 2. The molecule has 5 nitrogen and oxygen atoms in total. The van der Waals surface area contributed by atoms with E-state index >= 15 is 0 Å². The quantitative estimate of drug-likeness (QED) is 0.464. The first-order chi connectivity index (χ1) is 11.7. The average Bonchev–Trinajstić information content (AvgIpc) is 3.01. The van der Waals surface area contributed by atoms with Crippen molar-refractivity contribution in [3.05, 3.63) is 65.9 Å². The number of phenols is 1. The van der Waals surface area contributed by atoms with E-state index in [1.807, 2.05) is 42.5 Å². The summed E-state index contributed by atoms with van der Waals surface area (Å²) in [7, 11) is 0. The van der Waals surface area contributed by atoms with Crippen LogP contribution in [0.25, 0.3) is 22.3 Å². The highest BCUT2D eigenvalue weighted by atomic mass is 35.5. The molecule has 0 saturated heterocycles. The summed E-state index contributed by atoms with van der Waals surface area (Å²) in [6, 6.07) is 16.4. The number of phenolic OH excluding ortho intramolecular Hbond substituents is 1. The molecule has 0 bridgehead atoms. The summed E-state index contributed by atoms with van der Waals surface area (Å²) >= 11 is 6.03. The summed E-state index contributed by atoms with van der Waals surface area (Å²) in [5.74, 6) is 0.932. The number of aromatic hydroxyl groups is 1. The summed E-state index contributed by atoms with van der Waals surface area (Å²) in [6.45, 7) is 0. The lowest BCUT2D eigenvalue weighted by Gasteiger charge is -2.06. The predicted molar refractivity (Wildman–Crippen MR) is 103 cm³/mol. The number of benzene rings is 2. The first kappa shape index (κ1) is 17.1. The molecular weight excluding hydrogens is 359 g/mol. The molecule has 0 amide bonds. The lowest BCUT2D eigenvalue weighted by atomic mass is 10.1. The first-order valence-corrected chi connectivity index (χ1v) is 7.72. The van der Waals surface area contributed by atoms with Gasteiger partial charge in [0.1, 0.15) is 23.5 Å². The Bertz CT molecular complexity index is 1020. The van der Waals surface area contributed by atoms with E-state index in [-0.39, 0.29) is 18.2 Å². The van der Waals surface area contributed by atoms with Crippen LogP contribution in [-0.2, 0) is 0 Å². The molecule has 4 aromatic rings. The summed E-state index contributed by atoms with van der Waals surface area (Å²) in [5, 5.41) is 14.2. The Labute approximate surface area is 155 Å². The number of H-pyrrole nitrogens is 1. The zero-order valence-corrected chi connectivity index (χ0v) is 14.5. The third kappa shape index (κ3) is 3.52. The largest absolute Gasteiger partial charge is 0.508 e. The average molecular weight is 373 g/mol. The lowest BCUT2D eigenvalue weighted by molar-refractivity contribution is 0.475. The van der Waals surface area contributed by atoms with Crippen LogP contribution in [-0.4, -0.2) is 20.1 Å². The van der Waals surface area contributed by atoms with Gasteiger partial charge in [0.15, 0.2) is 0 Å². The predicted octanol–water partition coefficient (Wildman–Crippen LogP) is 5.15. The SMILES string of the molecule is Cl.Oc1ccc(-c2cc3c(Nc4cccc(Cl)c4)ncnc3[nH]2)cc1. The van der Waals surface area contributed by atoms with Crippen molar-refractivity contribution in [2.75, 3.05) is 5.32 Å². The number of hydrogen-bond donors (Lipinski definition) is 3. The Morgan fingerprint density at radius 2 is 1.80 bits per heavy atom. The maximum absolute atomic E-state index is 9.42. The van der Waals surface area contributed by atoms with Gasteiger partial charge in [-0.15, -0.1) is 12.4 Å². The molecule has 0 saturated carbocycles. The van der Waals surface area contributed by atoms with Crippen LogP contribution < -0.4 is 5.32 Å². The molecule has 0 aliphatic carbocycles. The molecule has 0 atom stereocenters. The van der Waals surface area contributed by atoms with E-state index in [0.29, 0.717) is 10.8 Å². The van der Waals surface area contributed by atoms with Crippen molar-refractivity contribution in [1.29, 1.82) is 0 Å². The second-order valence-electron chi connectivity index (χ2n) is 5.35. The topological polar surface area (TPSA) is 73.8 Å². The van der Waals surface area contributed by atoms with Crippen molar-refractivity contribution in [2.45, 2.75) is 0 Å². The number of fused-ring (bicyclic) bond motifs is 1. The molecular formula is C18H14Cl2N4O. The maximum atomic E-state index is 9.42. The fourth-order valence-corrected chi connectivity index (χ4v) is 2.73. The van der Waals surface area contributed by atoms with Gasteiger partial charge < -0.3 is 15.4 Å². The van der Waals surface area contributed by atoms with Gasteiger partial charge in [0.05, 0.1) is 5.39 Å². The minimum Gasteiger partial charge on any atom is -0.508 e. The Balaban J connectivity index is 0.00000182. The Morgan fingerprint density at radius 3 is 2.56 bits per heavy atom. The molecule has 126 valence electrons. The van der Waals surface area contributed by atoms with Crippen LogP contribution in [0.2, 0.25) is 5.02 Å². The lowest BCUT2D eigenvalue weighted by Crippen LogP contribution is -1.94. The fourth-order valence-electron chi connectivity index (χ4n) is 2.54. The van der Waals surface area contributed by atoms with Crippen molar-refractivity contribution in [1.82, 2.24) is 15.0 Å². The van der Waals surface area contributed by atoms with Gasteiger partial charge in [0.25, 0.3) is 0 Å². The van der Waals surface area contributed by atoms with E-state index in [1.54, 1.807) is 12.1 Å². The molecule has 0 spiro atoms. The zero-order chi connectivity index (χ0) is 16.5. The van der Waals surface area contributed by atoms with E-state index < -0.39 is 0 Å². The molecule has 0 fully saturated rings. The molecule has 3 N–H and O–H groups in total. The Hall–Kier alpha value is -2.76. The van der Waals surface area contributed by atoms with E-state index in [1.165, 1.54) is 6.33 Å². The highest BCUT2D eigenvalue weighted by Gasteiger charge is 2.10. The minimum absolute atomic E-state index is 0. The number of nitrogens with one attached hydrogen (secondary N) is 2. The Morgan fingerprint density at radius 1 is 1.00 bits per heavy atom. The minimum atomic E-state index is 0. The van der Waals surface area contributed by atoms with Crippen LogP contribution in [0.3, 0.4) is 0 Å². The van der Waals surface area contributed by atoms with Gasteiger partial charge in [-0.05, 0) is 54.1 Å². The van der Waals surface area contributed by atoms with E-state index in [9.17, 15) is 5.11 Å². The molecule has 2 aromatic heterocycles. The number of hydrogen-bond acceptors (Lipinski definition) is 4. The highest BCUT2D eigenvalue weighted by Crippen LogP contribution is 2.29. The number of aromatic amines is 1. The summed E-state index contributed by atoms with van der Waals surface area (Å²) in [6.07, 6.45) is 1.51. The normalized spacial score (nSPS) is 10.4. The van der Waals surface area contributed by atoms with Gasteiger partial charge >= 0.3 is 0 Å². The van der Waals surface area contributed by atoms with Crippen molar-refractivity contribution in [3.63, 3.8) is 0 Å². The van der Waals surface area contributed by atoms with Gasteiger partial charge in [-0.3, -0.25) is 0 Å². The van der Waals surface area contributed by atoms with Crippen LogP contribution >= 0.6 is 24.0 Å². The van der Waals surface area contributed by atoms with Crippen molar-refractivity contribution >= 4 is 46.5 Å². The second kappa shape index (κ2) is 7.01. The van der Waals surface area contributed by atoms with Gasteiger partial charge in [-0.25, -0.2) is 9.97 Å². The van der Waals surface area contributed by atoms with Gasteiger partial charge in [0, 0.05) is 16.4 Å². The van der Waals surface area contributed by atoms with Gasteiger partial charge in [-0.1, -0.05) is 17.7 Å². The molecule has 0 unspecified atom stereocenters. The monoisotopic (exact) mass is 372 g/mol. The van der Waals surface area contributed by atoms with E-state index in [0.717, 1.165) is 28.0 Å². The Kier molecular flexibility index (Phi) is 4.79. The third-order valence-corrected chi connectivity index (χ3v) is 3.93. The van der Waals surface area contributed by atoms with Crippen molar-refractivity contribution < 1.29 is 5.11 Å². The molecule has 25 heavy (non-hydrogen) atoms. The zero-order valence-electron chi connectivity index (χ0n) is 12.9. The number of halogens is 2. The summed E-state index contributed by atoms with van der Waals surface area (Å²) < 4.78 is 0. The number of rotatable bonds is 3. The van der Waals surface area contributed by atoms with Crippen LogP contribution in [0, 0.1) is 0 Å². The van der Waals surface area contributed by atoms with Crippen LogP contribution in [0.4, 0.5) is 11.5 Å². The van der Waals surface area contributed by atoms with E-state index in [2.05, 4.69) is 20.3 Å². The molecule has 7 heteroatoms. The summed E-state index contributed by atoms with van der Waals surface area (Å²) in [5.41, 5.74) is 3.45. The van der Waals surface area contributed by atoms with Crippen LogP contribution in [0.1, 0.15) is 0 Å². The number of anilines is 2. The fraction of sp³-hybridized carbons (Fsp3) is 0. The highest BCUT2D eigenvalue weighted by molar-refractivity contribution is 6.30. The summed E-state index contributed by atoms with van der Waals surface area (Å²) in [4.78, 5) is 11.9. The van der Waals surface area contributed by atoms with Gasteiger partial charge in [0.2, 0.25) is 0 Å². The third-order valence-electron chi connectivity index (χ3n) is 3.69. The van der Waals surface area contributed by atoms with Gasteiger partial charge in [-0.2, -0.15) is 0 Å². The van der Waals surface area contributed by atoms with Crippen molar-refractivity contribution in [2.24, 2.45) is 0 Å². The smallest absolute Gasteiger partial charge is 0.143 e. The van der Waals surface area contributed by atoms with E-state index in [4.69, 9.17) is 11.6 Å². The molecule has 0 aliphatic heterocycles. The molecule has 2 aromatic carbocycles. The molecule has 4 rings (SSSR count). The molecule has 0 radical (unpaired) electrons. The van der Waals surface area contributed by atoms with Crippen molar-refractivity contribution in [3.8, 4) is 17.0 Å². The number of aromatic nitrogens is 3. The first-order valence-electron chi connectivity index (χ1n) is 7.35. The second-order valence-corrected chi connectivity index (χ2v) is 5.79. The molecule has 0 aliphatic rings. The van der Waals surface area contributed by atoms with Crippen LogP contribution in [0.5, 0.6) is 5.75 Å². The maximum Gasteiger partial charge on any atom is 0.143 e. The molecule has 2 heterocycles.